The van der Waals surface area contributed by atoms with E-state index in [1.807, 2.05) is 0 Å². The van der Waals surface area contributed by atoms with Gasteiger partial charge in [0.2, 0.25) is 11.7 Å². The molecule has 1 aliphatic heterocycles. The molecular formula is C12H17N3O5. The van der Waals surface area contributed by atoms with Crippen LogP contribution in [-0.2, 0) is 19.1 Å². The van der Waals surface area contributed by atoms with Crippen molar-refractivity contribution in [3.05, 3.63) is 5.53 Å². The molecule has 0 aliphatic carbocycles. The van der Waals surface area contributed by atoms with E-state index < -0.39 is 17.8 Å². The predicted octanol–water partition coefficient (Wildman–Crippen LogP) is -0.368. The average Bonchev–Trinajstić information content (AvgIpc) is 2.44. The standard InChI is InChI=1S/C12H17N3O5/c13-14-7-9(16)1-2-10(12(18)19)15-11(17)8-3-5-20-6-4-8/h7-8,10H,1-6H2,(H,15,17)(H,18,19). The second kappa shape index (κ2) is 8.19. The minimum Gasteiger partial charge on any atom is -0.480 e. The number of Topliss-reactive ketones (excluding diaryl/α,β-unsaturated/α-hetero) is 1. The maximum absolute atomic E-state index is 11.9. The number of carbonyl (C=O) groups is 3. The second-order valence-electron chi connectivity index (χ2n) is 4.54. The molecule has 0 radical (unpaired) electrons. The number of ketones is 1. The van der Waals surface area contributed by atoms with Crippen molar-refractivity contribution in [3.63, 3.8) is 0 Å². The summed E-state index contributed by atoms with van der Waals surface area (Å²) in [6.45, 7) is 0.975. The van der Waals surface area contributed by atoms with E-state index in [0.717, 1.165) is 0 Å². The summed E-state index contributed by atoms with van der Waals surface area (Å²) in [5.74, 6) is -2.28. The fourth-order valence-corrected chi connectivity index (χ4v) is 1.92. The fourth-order valence-electron chi connectivity index (χ4n) is 1.92. The highest BCUT2D eigenvalue weighted by Gasteiger charge is 2.27. The van der Waals surface area contributed by atoms with Gasteiger partial charge in [-0.3, -0.25) is 9.59 Å². The molecule has 0 aromatic carbocycles. The largest absolute Gasteiger partial charge is 0.480 e. The van der Waals surface area contributed by atoms with Crippen LogP contribution in [0.5, 0.6) is 0 Å². The maximum Gasteiger partial charge on any atom is 0.326 e. The molecule has 1 heterocycles. The first-order valence-corrected chi connectivity index (χ1v) is 6.35. The third-order valence-electron chi connectivity index (χ3n) is 3.09. The number of carboxylic acids is 1. The summed E-state index contributed by atoms with van der Waals surface area (Å²) in [7, 11) is 0. The van der Waals surface area contributed by atoms with Gasteiger partial charge < -0.3 is 20.7 Å². The SMILES string of the molecule is [N-]=[N+]=CC(=O)CCC(NC(=O)C1CCOCC1)C(=O)O. The lowest BCUT2D eigenvalue weighted by Crippen LogP contribution is -2.45. The highest BCUT2D eigenvalue weighted by atomic mass is 16.5. The summed E-state index contributed by atoms with van der Waals surface area (Å²) >= 11 is 0. The van der Waals surface area contributed by atoms with Gasteiger partial charge in [0.05, 0.1) is 0 Å². The van der Waals surface area contributed by atoms with E-state index in [1.165, 1.54) is 0 Å². The first-order chi connectivity index (χ1) is 9.54. The molecule has 1 saturated heterocycles. The zero-order chi connectivity index (χ0) is 15.0. The van der Waals surface area contributed by atoms with E-state index in [1.54, 1.807) is 0 Å². The average molecular weight is 283 g/mol. The Morgan fingerprint density at radius 3 is 2.60 bits per heavy atom. The molecule has 1 atom stereocenters. The minimum atomic E-state index is -1.20. The van der Waals surface area contributed by atoms with Crippen LogP contribution in [0.2, 0.25) is 0 Å². The summed E-state index contributed by atoms with van der Waals surface area (Å²) in [4.78, 5) is 36.7. The van der Waals surface area contributed by atoms with E-state index in [4.69, 9.17) is 15.4 Å². The van der Waals surface area contributed by atoms with Crippen LogP contribution in [-0.4, -0.2) is 53.0 Å². The Bertz CT molecular complexity index is 425. The minimum absolute atomic E-state index is 0.0465. The number of nitrogens with zero attached hydrogens (tertiary/aromatic N) is 2. The van der Waals surface area contributed by atoms with Crippen molar-refractivity contribution in [2.45, 2.75) is 31.7 Å². The van der Waals surface area contributed by atoms with Gasteiger partial charge in [-0.05, 0) is 19.3 Å². The molecule has 0 bridgehead atoms. The zero-order valence-electron chi connectivity index (χ0n) is 10.9. The van der Waals surface area contributed by atoms with Crippen molar-refractivity contribution in [3.8, 4) is 0 Å². The Kier molecular flexibility index (Phi) is 6.55. The third-order valence-corrected chi connectivity index (χ3v) is 3.09. The van der Waals surface area contributed by atoms with Crippen LogP contribution in [0.4, 0.5) is 0 Å². The van der Waals surface area contributed by atoms with Gasteiger partial charge in [0, 0.05) is 25.6 Å². The van der Waals surface area contributed by atoms with E-state index in [0.29, 0.717) is 32.3 Å². The number of nitrogens with one attached hydrogen (secondary N) is 1. The molecule has 1 rings (SSSR count). The number of carboxylic acid groups (broad SMARTS) is 1. The van der Waals surface area contributed by atoms with Crippen LogP contribution in [0, 0.1) is 5.92 Å². The molecular weight excluding hydrogens is 266 g/mol. The molecule has 8 heteroatoms. The first-order valence-electron chi connectivity index (χ1n) is 6.35. The maximum atomic E-state index is 11.9. The summed E-state index contributed by atoms with van der Waals surface area (Å²) in [5.41, 5.74) is 8.18. The number of hydrogen-bond donors (Lipinski definition) is 2. The molecule has 0 aromatic heterocycles. The lowest BCUT2D eigenvalue weighted by Gasteiger charge is -2.23. The first kappa shape index (κ1) is 16.0. The summed E-state index contributed by atoms with van der Waals surface area (Å²) in [6.07, 6.45) is 1.67. The number of hydrogen-bond acceptors (Lipinski definition) is 4. The molecule has 2 N–H and O–H groups in total. The highest BCUT2D eigenvalue weighted by Crippen LogP contribution is 2.15. The van der Waals surface area contributed by atoms with Crippen LogP contribution in [0.15, 0.2) is 0 Å². The Hall–Kier alpha value is -2.05. The van der Waals surface area contributed by atoms with Crippen molar-refractivity contribution < 1.29 is 29.0 Å². The highest BCUT2D eigenvalue weighted by molar-refractivity contribution is 6.25. The summed E-state index contributed by atoms with van der Waals surface area (Å²) < 4.78 is 5.13. The van der Waals surface area contributed by atoms with E-state index in [2.05, 4.69) is 10.1 Å². The van der Waals surface area contributed by atoms with Crippen molar-refractivity contribution >= 4 is 23.9 Å². The molecule has 0 spiro atoms. The van der Waals surface area contributed by atoms with Crippen molar-refractivity contribution in [1.82, 2.24) is 5.32 Å². The van der Waals surface area contributed by atoms with Crippen LogP contribution in [0.25, 0.3) is 5.53 Å². The lowest BCUT2D eigenvalue weighted by atomic mass is 9.98. The number of aliphatic carboxylic acids is 1. The molecule has 110 valence electrons. The van der Waals surface area contributed by atoms with Gasteiger partial charge in [-0.15, -0.1) is 0 Å². The van der Waals surface area contributed by atoms with Gasteiger partial charge in [-0.1, -0.05) is 0 Å². The van der Waals surface area contributed by atoms with Gasteiger partial charge in [0.1, 0.15) is 6.04 Å². The number of ether oxygens (including phenoxy) is 1. The van der Waals surface area contributed by atoms with Crippen LogP contribution in [0.3, 0.4) is 0 Å². The Morgan fingerprint density at radius 2 is 2.05 bits per heavy atom. The van der Waals surface area contributed by atoms with E-state index >= 15 is 0 Å². The molecule has 0 saturated carbocycles. The number of rotatable bonds is 7. The number of carbonyl (C=O) groups excluding carboxylic acids is 2. The molecule has 1 aliphatic rings. The van der Waals surface area contributed by atoms with Crippen LogP contribution >= 0.6 is 0 Å². The quantitative estimate of drug-likeness (QED) is 0.374. The molecule has 0 aromatic rings. The Morgan fingerprint density at radius 1 is 1.40 bits per heavy atom. The predicted molar refractivity (Wildman–Crippen MR) is 67.0 cm³/mol. The van der Waals surface area contributed by atoms with Crippen molar-refractivity contribution in [2.24, 2.45) is 5.92 Å². The normalized spacial score (nSPS) is 16.8. The van der Waals surface area contributed by atoms with E-state index in [-0.39, 0.29) is 24.7 Å². The fraction of sp³-hybridized carbons (Fsp3) is 0.667. The third kappa shape index (κ3) is 5.29. The van der Waals surface area contributed by atoms with Gasteiger partial charge in [0.25, 0.3) is 0 Å². The molecule has 1 unspecified atom stereocenters. The Balaban J connectivity index is 2.49. The second-order valence-corrected chi connectivity index (χ2v) is 4.54. The van der Waals surface area contributed by atoms with E-state index in [9.17, 15) is 14.4 Å². The Labute approximate surface area is 115 Å². The molecule has 1 fully saturated rings. The summed E-state index contributed by atoms with van der Waals surface area (Å²) in [5, 5.41) is 11.5. The van der Waals surface area contributed by atoms with Gasteiger partial charge in [-0.2, -0.15) is 4.79 Å². The van der Waals surface area contributed by atoms with Crippen LogP contribution < -0.4 is 5.32 Å². The molecule has 1 amide bonds. The monoisotopic (exact) mass is 283 g/mol. The molecule has 20 heavy (non-hydrogen) atoms. The van der Waals surface area contributed by atoms with Crippen molar-refractivity contribution in [1.29, 1.82) is 0 Å². The zero-order valence-corrected chi connectivity index (χ0v) is 10.9. The molecule has 8 nitrogen and oxygen atoms in total. The summed E-state index contributed by atoms with van der Waals surface area (Å²) in [6, 6.07) is -1.12. The number of amides is 1. The van der Waals surface area contributed by atoms with Gasteiger partial charge in [0.15, 0.2) is 0 Å². The topological polar surface area (TPSA) is 129 Å². The lowest BCUT2D eigenvalue weighted by molar-refractivity contribution is -0.143. The van der Waals surface area contributed by atoms with Gasteiger partial charge >= 0.3 is 12.2 Å². The smallest absolute Gasteiger partial charge is 0.326 e. The van der Waals surface area contributed by atoms with Crippen molar-refractivity contribution in [2.75, 3.05) is 13.2 Å². The van der Waals surface area contributed by atoms with Gasteiger partial charge in [-0.25, -0.2) is 4.79 Å². The van der Waals surface area contributed by atoms with Crippen LogP contribution in [0.1, 0.15) is 25.7 Å².